The van der Waals surface area contributed by atoms with Crippen molar-refractivity contribution in [3.8, 4) is 11.4 Å². The molecule has 0 amide bonds. The molecule has 4 aromatic rings. The van der Waals surface area contributed by atoms with Crippen molar-refractivity contribution in [3.63, 3.8) is 0 Å². The number of benzene rings is 2. The van der Waals surface area contributed by atoms with E-state index in [0.717, 1.165) is 23.6 Å². The summed E-state index contributed by atoms with van der Waals surface area (Å²) in [7, 11) is 0. The molecule has 0 saturated heterocycles. The number of nitrogens with zero attached hydrogens (tertiary/aromatic N) is 4. The maximum Gasteiger partial charge on any atom is 0.254 e. The molecule has 2 aromatic heterocycles. The highest BCUT2D eigenvalue weighted by Gasteiger charge is 2.11. The molecular weight excluding hydrogens is 298 g/mol. The van der Waals surface area contributed by atoms with Gasteiger partial charge in [-0.05, 0) is 12.5 Å². The second kappa shape index (κ2) is 6.12. The molecule has 0 saturated carbocycles. The van der Waals surface area contributed by atoms with E-state index in [1.54, 1.807) is 4.52 Å². The maximum atomic E-state index is 4.62. The number of rotatable bonds is 4. The van der Waals surface area contributed by atoms with Crippen LogP contribution < -0.4 is 5.32 Å². The molecule has 0 aliphatic rings. The van der Waals surface area contributed by atoms with E-state index in [4.69, 9.17) is 0 Å². The molecule has 0 aliphatic carbocycles. The summed E-state index contributed by atoms with van der Waals surface area (Å²) in [6, 6.07) is 22.2. The molecule has 0 radical (unpaired) electrons. The second-order valence-electron chi connectivity index (χ2n) is 5.64. The summed E-state index contributed by atoms with van der Waals surface area (Å²) in [6.45, 7) is 2.69. The van der Waals surface area contributed by atoms with Crippen LogP contribution in [0.1, 0.15) is 11.3 Å². The zero-order chi connectivity index (χ0) is 16.4. The van der Waals surface area contributed by atoms with Gasteiger partial charge in [-0.2, -0.15) is 9.50 Å². The molecule has 118 valence electrons. The first-order valence-corrected chi connectivity index (χ1v) is 7.87. The van der Waals surface area contributed by atoms with Gasteiger partial charge in [0.15, 0.2) is 5.82 Å². The van der Waals surface area contributed by atoms with Crippen molar-refractivity contribution in [1.82, 2.24) is 19.6 Å². The molecule has 0 unspecified atom stereocenters. The van der Waals surface area contributed by atoms with Crippen LogP contribution in [0.15, 0.2) is 66.7 Å². The summed E-state index contributed by atoms with van der Waals surface area (Å²) in [5.41, 5.74) is 3.10. The minimum Gasteiger partial charge on any atom is -0.366 e. The Hall–Kier alpha value is -3.21. The fraction of sp³-hybridized carbons (Fsp3) is 0.105. The van der Waals surface area contributed by atoms with Crippen molar-refractivity contribution in [3.05, 3.63) is 78.0 Å². The largest absolute Gasteiger partial charge is 0.366 e. The van der Waals surface area contributed by atoms with Gasteiger partial charge >= 0.3 is 0 Å². The predicted octanol–water partition coefficient (Wildman–Crippen LogP) is 3.71. The second-order valence-corrected chi connectivity index (χ2v) is 5.64. The zero-order valence-electron chi connectivity index (χ0n) is 13.3. The lowest BCUT2D eigenvalue weighted by Gasteiger charge is -2.08. The summed E-state index contributed by atoms with van der Waals surface area (Å²) in [5, 5.41) is 8.05. The van der Waals surface area contributed by atoms with Gasteiger partial charge in [-0.1, -0.05) is 60.7 Å². The number of fused-ring (bicyclic) bond motifs is 1. The molecule has 2 heterocycles. The Labute approximate surface area is 140 Å². The molecule has 5 heteroatoms. The highest BCUT2D eigenvalue weighted by molar-refractivity contribution is 5.58. The van der Waals surface area contributed by atoms with E-state index in [1.807, 2.05) is 61.5 Å². The maximum absolute atomic E-state index is 4.62. The molecule has 24 heavy (non-hydrogen) atoms. The van der Waals surface area contributed by atoms with E-state index < -0.39 is 0 Å². The Balaban J connectivity index is 1.71. The third kappa shape index (κ3) is 2.84. The van der Waals surface area contributed by atoms with E-state index in [-0.39, 0.29) is 0 Å². The summed E-state index contributed by atoms with van der Waals surface area (Å²) >= 11 is 0. The van der Waals surface area contributed by atoms with Gasteiger partial charge in [-0.15, -0.1) is 5.10 Å². The van der Waals surface area contributed by atoms with Crippen molar-refractivity contribution in [2.24, 2.45) is 0 Å². The Morgan fingerprint density at radius 3 is 2.38 bits per heavy atom. The highest BCUT2D eigenvalue weighted by Crippen LogP contribution is 2.18. The molecule has 0 atom stereocenters. The molecule has 1 N–H and O–H groups in total. The fourth-order valence-corrected chi connectivity index (χ4v) is 2.61. The number of anilines is 1. The predicted molar refractivity (Wildman–Crippen MR) is 94.7 cm³/mol. The lowest BCUT2D eigenvalue weighted by atomic mass is 10.2. The van der Waals surface area contributed by atoms with E-state index >= 15 is 0 Å². The first-order valence-electron chi connectivity index (χ1n) is 7.87. The molecular formula is C19H17N5. The monoisotopic (exact) mass is 315 g/mol. The molecule has 0 fully saturated rings. The quantitative estimate of drug-likeness (QED) is 0.624. The van der Waals surface area contributed by atoms with Crippen LogP contribution in [0.3, 0.4) is 0 Å². The summed E-state index contributed by atoms with van der Waals surface area (Å²) in [5.74, 6) is 2.16. The van der Waals surface area contributed by atoms with Gasteiger partial charge in [-0.25, -0.2) is 4.98 Å². The third-order valence-electron chi connectivity index (χ3n) is 3.79. The molecule has 0 aliphatic heterocycles. The van der Waals surface area contributed by atoms with Crippen molar-refractivity contribution < 1.29 is 0 Å². The lowest BCUT2D eigenvalue weighted by Crippen LogP contribution is -2.06. The lowest BCUT2D eigenvalue weighted by molar-refractivity contribution is 0.919. The first kappa shape index (κ1) is 14.4. The molecule has 0 bridgehead atoms. The molecule has 2 aromatic carbocycles. The van der Waals surface area contributed by atoms with Gasteiger partial charge in [0.05, 0.1) is 0 Å². The number of nitrogens with one attached hydrogen (secondary N) is 1. The van der Waals surface area contributed by atoms with E-state index in [1.165, 1.54) is 5.56 Å². The number of hydrogen-bond acceptors (Lipinski definition) is 4. The van der Waals surface area contributed by atoms with Crippen LogP contribution in [-0.4, -0.2) is 19.6 Å². The molecule has 4 rings (SSSR count). The fourth-order valence-electron chi connectivity index (χ4n) is 2.61. The van der Waals surface area contributed by atoms with Crippen molar-refractivity contribution in [2.75, 3.05) is 5.32 Å². The van der Waals surface area contributed by atoms with Gasteiger partial charge in [0.25, 0.3) is 5.78 Å². The average molecular weight is 315 g/mol. The minimum atomic E-state index is 0.601. The minimum absolute atomic E-state index is 0.601. The zero-order valence-corrected chi connectivity index (χ0v) is 13.3. The van der Waals surface area contributed by atoms with Crippen molar-refractivity contribution in [1.29, 1.82) is 0 Å². The van der Waals surface area contributed by atoms with Gasteiger partial charge in [0, 0.05) is 23.9 Å². The van der Waals surface area contributed by atoms with E-state index in [2.05, 4.69) is 32.5 Å². The van der Waals surface area contributed by atoms with E-state index in [9.17, 15) is 0 Å². The van der Waals surface area contributed by atoms with Gasteiger partial charge in [0.2, 0.25) is 0 Å². The Kier molecular flexibility index (Phi) is 3.67. The standard InChI is InChI=1S/C19H17N5/c1-14-12-17(20-13-15-8-4-2-5-9-15)24-19(21-14)22-18(23-24)16-10-6-3-7-11-16/h2-12,20H,13H2,1H3. The van der Waals surface area contributed by atoms with Crippen LogP contribution in [0.2, 0.25) is 0 Å². The Bertz CT molecular complexity index is 961. The van der Waals surface area contributed by atoms with Crippen LogP contribution in [0.5, 0.6) is 0 Å². The van der Waals surface area contributed by atoms with E-state index in [0.29, 0.717) is 11.6 Å². The Morgan fingerprint density at radius 2 is 1.62 bits per heavy atom. The van der Waals surface area contributed by atoms with Crippen molar-refractivity contribution in [2.45, 2.75) is 13.5 Å². The molecule has 0 spiro atoms. The van der Waals surface area contributed by atoms with Crippen LogP contribution in [0.25, 0.3) is 17.2 Å². The summed E-state index contributed by atoms with van der Waals surface area (Å²) in [4.78, 5) is 9.05. The summed E-state index contributed by atoms with van der Waals surface area (Å²) < 4.78 is 1.76. The SMILES string of the molecule is Cc1cc(NCc2ccccc2)n2nc(-c3ccccc3)nc2n1. The topological polar surface area (TPSA) is 55.1 Å². The van der Waals surface area contributed by atoms with Gasteiger partial charge in [-0.3, -0.25) is 0 Å². The first-order chi connectivity index (χ1) is 11.8. The molecule has 5 nitrogen and oxygen atoms in total. The van der Waals surface area contributed by atoms with Crippen LogP contribution in [-0.2, 0) is 6.54 Å². The van der Waals surface area contributed by atoms with Crippen molar-refractivity contribution >= 4 is 11.6 Å². The highest BCUT2D eigenvalue weighted by atomic mass is 15.4. The summed E-state index contributed by atoms with van der Waals surface area (Å²) in [6.07, 6.45) is 0. The number of aromatic nitrogens is 4. The Morgan fingerprint density at radius 1 is 0.917 bits per heavy atom. The third-order valence-corrected chi connectivity index (χ3v) is 3.79. The van der Waals surface area contributed by atoms with Gasteiger partial charge < -0.3 is 5.32 Å². The number of aryl methyl sites for hydroxylation is 1. The number of hydrogen-bond donors (Lipinski definition) is 1. The van der Waals surface area contributed by atoms with Gasteiger partial charge in [0.1, 0.15) is 5.82 Å². The van der Waals surface area contributed by atoms with Crippen LogP contribution in [0, 0.1) is 6.92 Å². The normalized spacial score (nSPS) is 10.9. The van der Waals surface area contributed by atoms with Crippen LogP contribution in [0.4, 0.5) is 5.82 Å². The van der Waals surface area contributed by atoms with Crippen LogP contribution >= 0.6 is 0 Å². The smallest absolute Gasteiger partial charge is 0.254 e. The average Bonchev–Trinajstić information content (AvgIpc) is 3.05.